The first-order valence-corrected chi connectivity index (χ1v) is 16.8. The Hall–Kier alpha value is -3.48. The predicted octanol–water partition coefficient (Wildman–Crippen LogP) is 4.44. The lowest BCUT2D eigenvalue weighted by molar-refractivity contribution is -0.144. The van der Waals surface area contributed by atoms with Crippen molar-refractivity contribution in [1.82, 2.24) is 9.47 Å². The maximum atomic E-state index is 15.3. The highest BCUT2D eigenvalue weighted by Crippen LogP contribution is 2.31. The quantitative estimate of drug-likeness (QED) is 0.351. The minimum Gasteiger partial charge on any atom is -0.481 e. The number of carboxylic acids is 1. The largest absolute Gasteiger partial charge is 0.481 e. The number of carboxylic acid groups (broad SMARTS) is 1. The van der Waals surface area contributed by atoms with Crippen LogP contribution < -0.4 is 5.32 Å². The zero-order valence-corrected chi connectivity index (χ0v) is 26.0. The van der Waals surface area contributed by atoms with Gasteiger partial charge in [-0.1, -0.05) is 29.8 Å². The highest BCUT2D eigenvalue weighted by atomic mass is 35.5. The van der Waals surface area contributed by atoms with Crippen molar-refractivity contribution in [3.8, 4) is 0 Å². The van der Waals surface area contributed by atoms with Crippen molar-refractivity contribution in [3.05, 3.63) is 64.6 Å². The first-order valence-electron chi connectivity index (χ1n) is 14.5. The second-order valence-corrected chi connectivity index (χ2v) is 14.5. The molecule has 5 rings (SSSR count). The molecule has 1 aliphatic carbocycles. The summed E-state index contributed by atoms with van der Waals surface area (Å²) in [6.45, 7) is 0.0640. The fourth-order valence-corrected chi connectivity index (χ4v) is 7.40. The van der Waals surface area contributed by atoms with E-state index < -0.39 is 50.6 Å². The number of nitrogens with zero attached hydrogens (tertiary/aromatic N) is 2. The molecule has 0 radical (unpaired) electrons. The molecular weight excluding hydrogens is 613 g/mol. The van der Waals surface area contributed by atoms with Gasteiger partial charge >= 0.3 is 5.97 Å². The molecule has 0 unspecified atom stereocenters. The van der Waals surface area contributed by atoms with Gasteiger partial charge in [-0.15, -0.1) is 0 Å². The van der Waals surface area contributed by atoms with Crippen LogP contribution in [0.2, 0.25) is 5.02 Å². The van der Waals surface area contributed by atoms with Crippen LogP contribution in [-0.4, -0.2) is 77.6 Å². The number of aryl methyl sites for hydroxylation is 1. The van der Waals surface area contributed by atoms with Crippen molar-refractivity contribution >= 4 is 55.8 Å². The van der Waals surface area contributed by atoms with Crippen LogP contribution in [0.15, 0.2) is 42.6 Å². The van der Waals surface area contributed by atoms with Gasteiger partial charge in [0, 0.05) is 36.9 Å². The molecule has 13 heteroatoms. The number of rotatable bonds is 9. The van der Waals surface area contributed by atoms with E-state index in [0.717, 1.165) is 23.2 Å². The minimum atomic E-state index is -3.45. The highest BCUT2D eigenvalue weighted by molar-refractivity contribution is 7.91. The van der Waals surface area contributed by atoms with E-state index in [1.165, 1.54) is 11.0 Å². The predicted molar refractivity (Wildman–Crippen MR) is 164 cm³/mol. The SMILES string of the molecule is Cn1cc(C(=O)Nc2cc(F)c(CC(=O)N3C[C@@H](S(C)(=O)=O)C[C@H]3COC3CCC(C(=O)O)CC3)cc2Cl)c2ccccc21. The number of likely N-dealkylation sites (tertiary alicyclic amines) is 1. The van der Waals surface area contributed by atoms with Gasteiger partial charge < -0.3 is 24.6 Å². The van der Waals surface area contributed by atoms with Crippen molar-refractivity contribution in [3.63, 3.8) is 0 Å². The summed E-state index contributed by atoms with van der Waals surface area (Å²) in [5, 5.41) is 11.9. The number of benzene rings is 2. The maximum absolute atomic E-state index is 15.3. The average Bonchev–Trinajstić information content (AvgIpc) is 3.57. The molecule has 1 aromatic heterocycles. The Labute approximate surface area is 260 Å². The second-order valence-electron chi connectivity index (χ2n) is 11.8. The van der Waals surface area contributed by atoms with Crippen LogP contribution in [-0.2, 0) is 37.6 Å². The summed E-state index contributed by atoms with van der Waals surface area (Å²) in [4.78, 5) is 39.2. The molecule has 10 nitrogen and oxygen atoms in total. The number of carbonyl (C=O) groups is 3. The Morgan fingerprint density at radius 3 is 2.52 bits per heavy atom. The molecule has 1 saturated heterocycles. The topological polar surface area (TPSA) is 135 Å². The number of carbonyl (C=O) groups excluding carboxylic acids is 2. The Morgan fingerprint density at radius 1 is 1.14 bits per heavy atom. The van der Waals surface area contributed by atoms with Gasteiger partial charge in [-0.3, -0.25) is 14.4 Å². The van der Waals surface area contributed by atoms with Crippen LogP contribution in [0, 0.1) is 11.7 Å². The number of aromatic nitrogens is 1. The van der Waals surface area contributed by atoms with Crippen molar-refractivity contribution < 1.29 is 37.0 Å². The van der Waals surface area contributed by atoms with Crippen LogP contribution >= 0.6 is 11.6 Å². The molecule has 0 spiro atoms. The monoisotopic (exact) mass is 647 g/mol. The molecule has 2 heterocycles. The fraction of sp³-hybridized carbons (Fsp3) is 0.452. The van der Waals surface area contributed by atoms with Gasteiger partial charge in [0.05, 0.1) is 52.6 Å². The van der Waals surface area contributed by atoms with E-state index in [4.69, 9.17) is 16.3 Å². The lowest BCUT2D eigenvalue weighted by Gasteiger charge is -2.30. The number of halogens is 2. The molecule has 1 saturated carbocycles. The zero-order valence-electron chi connectivity index (χ0n) is 24.5. The van der Waals surface area contributed by atoms with Crippen molar-refractivity contribution in [2.24, 2.45) is 13.0 Å². The van der Waals surface area contributed by atoms with E-state index >= 15 is 4.39 Å². The van der Waals surface area contributed by atoms with Crippen LogP contribution in [0.4, 0.5) is 10.1 Å². The highest BCUT2D eigenvalue weighted by Gasteiger charge is 2.40. The minimum absolute atomic E-state index is 0.0117. The number of anilines is 1. The van der Waals surface area contributed by atoms with Crippen LogP contribution in [0.1, 0.15) is 48.0 Å². The number of para-hydroxylation sites is 1. The first kappa shape index (κ1) is 31.9. The molecule has 44 heavy (non-hydrogen) atoms. The Balaban J connectivity index is 1.26. The van der Waals surface area contributed by atoms with Gasteiger partial charge in [0.25, 0.3) is 5.91 Å². The van der Waals surface area contributed by atoms with E-state index in [-0.39, 0.29) is 48.4 Å². The molecule has 2 amide bonds. The van der Waals surface area contributed by atoms with E-state index in [9.17, 15) is 27.9 Å². The fourth-order valence-electron chi connectivity index (χ4n) is 6.17. The summed E-state index contributed by atoms with van der Waals surface area (Å²) >= 11 is 6.43. The van der Waals surface area contributed by atoms with E-state index in [0.29, 0.717) is 31.2 Å². The van der Waals surface area contributed by atoms with Crippen LogP contribution in [0.5, 0.6) is 0 Å². The van der Waals surface area contributed by atoms with E-state index in [1.807, 2.05) is 35.9 Å². The van der Waals surface area contributed by atoms with E-state index in [1.54, 1.807) is 6.20 Å². The Morgan fingerprint density at radius 2 is 1.84 bits per heavy atom. The molecule has 2 aliphatic rings. The second kappa shape index (κ2) is 12.9. The van der Waals surface area contributed by atoms with Gasteiger partial charge in [0.1, 0.15) is 5.82 Å². The van der Waals surface area contributed by atoms with Gasteiger partial charge in [-0.2, -0.15) is 0 Å². The Kier molecular flexibility index (Phi) is 9.33. The molecular formula is C31H35ClFN3O7S. The normalized spacial score (nSPS) is 22.3. The van der Waals surface area contributed by atoms with Gasteiger partial charge in [-0.05, 0) is 55.9 Å². The average molecular weight is 648 g/mol. The Bertz CT molecular complexity index is 1700. The first-order chi connectivity index (χ1) is 20.8. The van der Waals surface area contributed by atoms with Crippen molar-refractivity contribution in [2.75, 3.05) is 24.7 Å². The summed E-state index contributed by atoms with van der Waals surface area (Å²) < 4.78 is 47.9. The number of sulfone groups is 1. The molecule has 0 bridgehead atoms. The van der Waals surface area contributed by atoms with Gasteiger partial charge in [-0.25, -0.2) is 12.8 Å². The lowest BCUT2D eigenvalue weighted by Crippen LogP contribution is -2.41. The smallest absolute Gasteiger partial charge is 0.306 e. The molecule has 236 valence electrons. The number of amides is 2. The number of aliphatic carboxylic acids is 1. The molecule has 2 fully saturated rings. The molecule has 2 atom stereocenters. The summed E-state index contributed by atoms with van der Waals surface area (Å²) in [6, 6.07) is 9.22. The zero-order chi connectivity index (χ0) is 31.8. The number of fused-ring (bicyclic) bond motifs is 1. The third kappa shape index (κ3) is 6.92. The molecule has 1 aliphatic heterocycles. The van der Waals surface area contributed by atoms with Crippen molar-refractivity contribution in [1.29, 1.82) is 0 Å². The summed E-state index contributed by atoms with van der Waals surface area (Å²) in [5.74, 6) is -2.89. The maximum Gasteiger partial charge on any atom is 0.306 e. The van der Waals surface area contributed by atoms with Crippen LogP contribution in [0.25, 0.3) is 10.9 Å². The third-order valence-electron chi connectivity index (χ3n) is 8.72. The van der Waals surface area contributed by atoms with Crippen molar-refractivity contribution in [2.45, 2.75) is 55.9 Å². The number of hydrogen-bond donors (Lipinski definition) is 2. The number of ether oxygens (including phenoxy) is 1. The summed E-state index contributed by atoms with van der Waals surface area (Å²) in [7, 11) is -1.64. The van der Waals surface area contributed by atoms with Crippen LogP contribution in [0.3, 0.4) is 0 Å². The summed E-state index contributed by atoms with van der Waals surface area (Å²) in [5.41, 5.74) is 1.33. The molecule has 2 aromatic carbocycles. The molecule has 3 aromatic rings. The summed E-state index contributed by atoms with van der Waals surface area (Å²) in [6.07, 6.45) is 4.60. The van der Waals surface area contributed by atoms with Gasteiger partial charge in [0.15, 0.2) is 9.84 Å². The van der Waals surface area contributed by atoms with E-state index in [2.05, 4.69) is 5.32 Å². The number of hydrogen-bond acceptors (Lipinski definition) is 6. The van der Waals surface area contributed by atoms with Gasteiger partial charge in [0.2, 0.25) is 5.91 Å². The lowest BCUT2D eigenvalue weighted by atomic mass is 9.87. The molecule has 2 N–H and O–H groups in total. The number of nitrogens with one attached hydrogen (secondary N) is 1. The standard InChI is InChI=1S/C31H35ClFN3O7S/c1-35-16-24(23-5-3-4-6-28(23)35)30(38)34-27-14-26(33)19(11-25(27)32)12-29(37)36-15-22(44(2,41)42)13-20(36)17-43-21-9-7-18(8-10-21)31(39)40/h3-6,11,14,16,18,20-22H,7-10,12-13,15,17H2,1-2H3,(H,34,38)(H,39,40)/t18?,20-,21?,22-/m0/s1. The third-order valence-corrected chi connectivity index (χ3v) is 10.6.